The molecule has 2 aliphatic rings. The Kier molecular flexibility index (Phi) is 4.42. The Bertz CT molecular complexity index is 1140. The maximum Gasteiger partial charge on any atom is 0.322 e. The van der Waals surface area contributed by atoms with Gasteiger partial charge in [-0.1, -0.05) is 84.9 Å². The Morgan fingerprint density at radius 3 is 2.03 bits per heavy atom. The predicted molar refractivity (Wildman–Crippen MR) is 120 cm³/mol. The lowest BCUT2D eigenvalue weighted by atomic mass is 9.64. The largest absolute Gasteiger partial charge is 0.480 e. The van der Waals surface area contributed by atoms with E-state index in [1.165, 1.54) is 0 Å². The smallest absolute Gasteiger partial charge is 0.322 e. The van der Waals surface area contributed by atoms with Gasteiger partial charge in [-0.15, -0.1) is 6.58 Å². The van der Waals surface area contributed by atoms with Crippen molar-refractivity contribution in [3.8, 4) is 11.1 Å². The molecule has 3 aromatic rings. The lowest BCUT2D eigenvalue weighted by Gasteiger charge is -2.60. The van der Waals surface area contributed by atoms with Gasteiger partial charge in [-0.25, -0.2) is 0 Å². The van der Waals surface area contributed by atoms with Crippen molar-refractivity contribution in [2.45, 2.75) is 18.0 Å². The van der Waals surface area contributed by atoms with Crippen LogP contribution in [0.4, 0.5) is 0 Å². The maximum absolute atomic E-state index is 12.6. The van der Waals surface area contributed by atoms with E-state index < -0.39 is 23.0 Å². The molecule has 3 aromatic carbocycles. The second kappa shape index (κ2) is 7.03. The molecule has 1 heterocycles. The summed E-state index contributed by atoms with van der Waals surface area (Å²) in [5, 5.41) is 10.3. The van der Waals surface area contributed by atoms with Crippen LogP contribution in [0.1, 0.15) is 23.1 Å². The van der Waals surface area contributed by atoms with Crippen molar-refractivity contribution >= 4 is 12.3 Å². The molecular formula is C27H23NO3. The van der Waals surface area contributed by atoms with E-state index in [9.17, 15) is 14.7 Å². The van der Waals surface area contributed by atoms with Crippen molar-refractivity contribution in [2.24, 2.45) is 5.41 Å². The number of nitrogens with zero attached hydrogens (tertiary/aromatic N) is 1. The number of fused-ring (bicyclic) bond motifs is 3. The zero-order valence-corrected chi connectivity index (χ0v) is 17.1. The van der Waals surface area contributed by atoms with Crippen LogP contribution in [-0.2, 0) is 15.1 Å². The van der Waals surface area contributed by atoms with Gasteiger partial charge in [-0.2, -0.15) is 0 Å². The molecule has 4 heteroatoms. The van der Waals surface area contributed by atoms with Crippen LogP contribution in [0, 0.1) is 5.41 Å². The number of hydrogen-bond donors (Lipinski definition) is 1. The standard InChI is InChI=1S/C27H23NO3/c1-2-16-26(18-29)17-28(24(26)25(30)31)27(19-10-4-3-5-11-19)22-14-8-6-12-20(22)21-13-7-9-15-23(21)27/h2-15,18,24H,1,16-17H2,(H,30,31)/t24-,26-/m1/s1. The summed E-state index contributed by atoms with van der Waals surface area (Å²) in [5.74, 6) is -0.989. The first-order valence-electron chi connectivity index (χ1n) is 10.4. The molecule has 0 amide bonds. The van der Waals surface area contributed by atoms with Crippen LogP contribution < -0.4 is 0 Å². The molecule has 31 heavy (non-hydrogen) atoms. The fraction of sp³-hybridized carbons (Fsp3) is 0.185. The van der Waals surface area contributed by atoms with E-state index in [1.54, 1.807) is 6.08 Å². The van der Waals surface area contributed by atoms with Crippen molar-refractivity contribution in [1.29, 1.82) is 0 Å². The average molecular weight is 409 g/mol. The van der Waals surface area contributed by atoms with E-state index in [0.29, 0.717) is 13.0 Å². The number of rotatable bonds is 6. The van der Waals surface area contributed by atoms with Gasteiger partial charge in [0, 0.05) is 6.54 Å². The van der Waals surface area contributed by atoms with Gasteiger partial charge in [-0.3, -0.25) is 9.69 Å². The van der Waals surface area contributed by atoms with Gasteiger partial charge >= 0.3 is 5.97 Å². The molecule has 4 nitrogen and oxygen atoms in total. The molecule has 1 aliphatic carbocycles. The second-order valence-corrected chi connectivity index (χ2v) is 8.38. The molecule has 0 radical (unpaired) electrons. The molecule has 0 aromatic heterocycles. The van der Waals surface area contributed by atoms with E-state index in [2.05, 4.69) is 30.8 Å². The molecule has 154 valence electrons. The van der Waals surface area contributed by atoms with Gasteiger partial charge in [0.1, 0.15) is 12.3 Å². The topological polar surface area (TPSA) is 57.6 Å². The number of hydrogen-bond acceptors (Lipinski definition) is 3. The number of benzene rings is 3. The monoisotopic (exact) mass is 409 g/mol. The maximum atomic E-state index is 12.6. The number of aliphatic carboxylic acids is 1. The number of carboxylic acid groups (broad SMARTS) is 1. The Balaban J connectivity index is 1.83. The zero-order valence-electron chi connectivity index (χ0n) is 17.1. The Morgan fingerprint density at radius 1 is 0.968 bits per heavy atom. The van der Waals surface area contributed by atoms with Gasteiger partial charge in [0.25, 0.3) is 0 Å². The summed E-state index contributed by atoms with van der Waals surface area (Å²) in [7, 11) is 0. The van der Waals surface area contributed by atoms with E-state index in [4.69, 9.17) is 0 Å². The first kappa shape index (κ1) is 19.5. The fourth-order valence-corrected chi connectivity index (χ4v) is 5.66. The first-order valence-corrected chi connectivity index (χ1v) is 10.4. The lowest BCUT2D eigenvalue weighted by molar-refractivity contribution is -0.176. The minimum Gasteiger partial charge on any atom is -0.480 e. The van der Waals surface area contributed by atoms with Crippen molar-refractivity contribution < 1.29 is 14.7 Å². The fourth-order valence-electron chi connectivity index (χ4n) is 5.66. The van der Waals surface area contributed by atoms with Crippen LogP contribution >= 0.6 is 0 Å². The molecule has 5 rings (SSSR count). The Labute approximate surface area is 181 Å². The SMILES string of the molecule is C=CC[C@]1(C=O)CN(C2(c3ccccc3)c3ccccc3-c3ccccc32)[C@@H]1C(=O)O. The van der Waals surface area contributed by atoms with Gasteiger partial charge in [-0.05, 0) is 34.2 Å². The summed E-state index contributed by atoms with van der Waals surface area (Å²) in [6.07, 6.45) is 2.79. The minimum atomic E-state index is -0.989. The minimum absolute atomic E-state index is 0.331. The normalized spacial score (nSPS) is 23.3. The van der Waals surface area contributed by atoms with E-state index in [-0.39, 0.29) is 0 Å². The molecule has 1 N–H and O–H groups in total. The van der Waals surface area contributed by atoms with Gasteiger partial charge in [0.2, 0.25) is 0 Å². The molecule has 1 fully saturated rings. The van der Waals surface area contributed by atoms with Crippen LogP contribution in [0.3, 0.4) is 0 Å². The number of allylic oxidation sites excluding steroid dienone is 1. The molecule has 1 aliphatic heterocycles. The Hall–Kier alpha value is -3.50. The molecule has 0 bridgehead atoms. The molecule has 0 spiro atoms. The number of carbonyl (C=O) groups excluding carboxylic acids is 1. The first-order chi connectivity index (χ1) is 15.1. The quantitative estimate of drug-likeness (QED) is 0.481. The summed E-state index contributed by atoms with van der Waals surface area (Å²) in [6, 6.07) is 25.4. The third-order valence-corrected chi connectivity index (χ3v) is 6.86. The lowest BCUT2D eigenvalue weighted by Crippen LogP contribution is -2.73. The highest BCUT2D eigenvalue weighted by Crippen LogP contribution is 2.59. The third kappa shape index (κ3) is 2.45. The van der Waals surface area contributed by atoms with Crippen LogP contribution in [0.5, 0.6) is 0 Å². The molecule has 0 unspecified atom stereocenters. The number of aldehydes is 1. The molecule has 2 atom stereocenters. The number of likely N-dealkylation sites (tertiary alicyclic amines) is 1. The number of carbonyl (C=O) groups is 2. The molecular weight excluding hydrogens is 386 g/mol. The van der Waals surface area contributed by atoms with Gasteiger partial charge < -0.3 is 9.90 Å². The van der Waals surface area contributed by atoms with Crippen LogP contribution in [0.25, 0.3) is 11.1 Å². The van der Waals surface area contributed by atoms with E-state index in [1.807, 2.05) is 59.5 Å². The zero-order chi connectivity index (χ0) is 21.6. The van der Waals surface area contributed by atoms with Gasteiger partial charge in [0.05, 0.1) is 11.0 Å². The van der Waals surface area contributed by atoms with Crippen LogP contribution in [0.2, 0.25) is 0 Å². The second-order valence-electron chi connectivity index (χ2n) is 8.38. The molecule has 1 saturated heterocycles. The summed E-state index contributed by atoms with van der Waals surface area (Å²) in [5.41, 5.74) is 3.51. The van der Waals surface area contributed by atoms with Crippen molar-refractivity contribution in [1.82, 2.24) is 4.90 Å². The average Bonchev–Trinajstić information content (AvgIpc) is 3.08. The highest BCUT2D eigenvalue weighted by Gasteiger charge is 2.65. The van der Waals surface area contributed by atoms with Crippen molar-refractivity contribution in [3.63, 3.8) is 0 Å². The van der Waals surface area contributed by atoms with Crippen LogP contribution in [-0.4, -0.2) is 34.8 Å². The van der Waals surface area contributed by atoms with E-state index >= 15 is 0 Å². The van der Waals surface area contributed by atoms with Gasteiger partial charge in [0.15, 0.2) is 0 Å². The highest BCUT2D eigenvalue weighted by molar-refractivity contribution is 5.87. The summed E-state index contributed by atoms with van der Waals surface area (Å²) in [4.78, 5) is 26.7. The molecule has 0 saturated carbocycles. The summed E-state index contributed by atoms with van der Waals surface area (Å²) >= 11 is 0. The highest BCUT2D eigenvalue weighted by atomic mass is 16.4. The predicted octanol–water partition coefficient (Wildman–Crippen LogP) is 4.49. The van der Waals surface area contributed by atoms with Crippen molar-refractivity contribution in [2.75, 3.05) is 6.54 Å². The van der Waals surface area contributed by atoms with Crippen molar-refractivity contribution in [3.05, 3.63) is 108 Å². The Morgan fingerprint density at radius 2 is 1.52 bits per heavy atom. The number of carboxylic acids is 1. The third-order valence-electron chi connectivity index (χ3n) is 6.86. The van der Waals surface area contributed by atoms with Crippen LogP contribution in [0.15, 0.2) is 91.5 Å². The summed E-state index contributed by atoms with van der Waals surface area (Å²) in [6.45, 7) is 4.11. The summed E-state index contributed by atoms with van der Waals surface area (Å²) < 4.78 is 0. The van der Waals surface area contributed by atoms with E-state index in [0.717, 1.165) is 34.1 Å².